The van der Waals surface area contributed by atoms with E-state index in [2.05, 4.69) is 33.4 Å². The van der Waals surface area contributed by atoms with Crippen molar-refractivity contribution in [3.63, 3.8) is 0 Å². The van der Waals surface area contributed by atoms with Crippen molar-refractivity contribution in [2.24, 2.45) is 51.8 Å². The molecule has 0 aromatic carbocycles. The highest BCUT2D eigenvalue weighted by molar-refractivity contribution is 5.76. The lowest BCUT2D eigenvalue weighted by molar-refractivity contribution is -0.162. The maximum Gasteiger partial charge on any atom is 0.310 e. The number of aliphatic hydroxyl groups excluding tert-OH is 1. The average Bonchev–Trinajstić information content (AvgIpc) is 2.83. The lowest BCUT2D eigenvalue weighted by atomic mass is 9.39. The molecule has 0 radical (unpaired) electrons. The molecule has 0 aliphatic heterocycles. The molecule has 3 saturated carbocycles. The fraction of sp³-hybridized carbons (Fsp3) is 0.800. The molecular formula is C30H46O5. The Morgan fingerprint density at radius 1 is 1.17 bits per heavy atom. The summed E-state index contributed by atoms with van der Waals surface area (Å²) in [5.41, 5.74) is 1.36. The van der Waals surface area contributed by atoms with Gasteiger partial charge in [-0.2, -0.15) is 0 Å². The molecule has 4 aliphatic carbocycles. The Labute approximate surface area is 211 Å². The first kappa shape index (κ1) is 26.4. The highest BCUT2D eigenvalue weighted by Crippen LogP contribution is 2.69. The number of carboxylic acids is 1. The van der Waals surface area contributed by atoms with Gasteiger partial charge in [0.1, 0.15) is 0 Å². The third kappa shape index (κ3) is 3.91. The van der Waals surface area contributed by atoms with E-state index in [0.717, 1.165) is 56.9 Å². The SMILES string of the molecule is C=C1C=C2C3C[C@@H](C)CCC3(C(=O)O)CCC2C2(C)CCC(C)C(CO)(CCC(C)C(=O)OC)C12. The molecule has 4 aliphatic rings. The number of ether oxygens (including phenoxy) is 1. The number of carbonyl (C=O) groups excluding carboxylic acids is 1. The van der Waals surface area contributed by atoms with Crippen LogP contribution in [0.3, 0.4) is 0 Å². The Hall–Kier alpha value is -1.62. The maximum absolute atomic E-state index is 12.6. The number of carboxylic acid groups (broad SMARTS) is 1. The monoisotopic (exact) mass is 486 g/mol. The van der Waals surface area contributed by atoms with Crippen LogP contribution in [0.2, 0.25) is 0 Å². The van der Waals surface area contributed by atoms with Crippen LogP contribution in [0.25, 0.3) is 0 Å². The number of hydrogen-bond donors (Lipinski definition) is 2. The first-order chi connectivity index (χ1) is 16.5. The lowest BCUT2D eigenvalue weighted by Crippen LogP contribution is -2.59. The highest BCUT2D eigenvalue weighted by atomic mass is 16.5. The van der Waals surface area contributed by atoms with Crippen LogP contribution >= 0.6 is 0 Å². The number of aliphatic carboxylic acids is 1. The second kappa shape index (κ2) is 9.36. The molecule has 3 fully saturated rings. The molecule has 0 aromatic rings. The lowest BCUT2D eigenvalue weighted by Gasteiger charge is -2.64. The van der Waals surface area contributed by atoms with Crippen molar-refractivity contribution in [1.29, 1.82) is 0 Å². The van der Waals surface area contributed by atoms with E-state index in [1.54, 1.807) is 0 Å². The molecule has 8 unspecified atom stereocenters. The second-order valence-electron chi connectivity index (χ2n) is 12.9. The fourth-order valence-electron chi connectivity index (χ4n) is 9.15. The zero-order valence-electron chi connectivity index (χ0n) is 22.4. The number of hydrogen-bond acceptors (Lipinski definition) is 4. The summed E-state index contributed by atoms with van der Waals surface area (Å²) in [4.78, 5) is 24.8. The van der Waals surface area contributed by atoms with Crippen molar-refractivity contribution in [1.82, 2.24) is 0 Å². The molecule has 35 heavy (non-hydrogen) atoms. The smallest absolute Gasteiger partial charge is 0.310 e. The van der Waals surface area contributed by atoms with E-state index in [1.165, 1.54) is 12.7 Å². The molecule has 9 atom stereocenters. The summed E-state index contributed by atoms with van der Waals surface area (Å²) in [6, 6.07) is 0. The summed E-state index contributed by atoms with van der Waals surface area (Å²) in [6.07, 6.45) is 10.2. The molecule has 2 N–H and O–H groups in total. The summed E-state index contributed by atoms with van der Waals surface area (Å²) in [6.45, 7) is 13.5. The van der Waals surface area contributed by atoms with Crippen molar-refractivity contribution < 1.29 is 24.5 Å². The summed E-state index contributed by atoms with van der Waals surface area (Å²) in [7, 11) is 1.43. The summed E-state index contributed by atoms with van der Waals surface area (Å²) >= 11 is 0. The Kier molecular flexibility index (Phi) is 7.07. The van der Waals surface area contributed by atoms with Crippen molar-refractivity contribution in [2.45, 2.75) is 85.5 Å². The number of fused-ring (bicyclic) bond motifs is 5. The van der Waals surface area contributed by atoms with Gasteiger partial charge in [-0.3, -0.25) is 9.59 Å². The van der Waals surface area contributed by atoms with Crippen LogP contribution in [-0.2, 0) is 14.3 Å². The number of methoxy groups -OCH3 is 1. The fourth-order valence-corrected chi connectivity index (χ4v) is 9.15. The summed E-state index contributed by atoms with van der Waals surface area (Å²) in [5.74, 6) is 0.369. The maximum atomic E-state index is 12.6. The topological polar surface area (TPSA) is 83.8 Å². The largest absolute Gasteiger partial charge is 0.481 e. The van der Waals surface area contributed by atoms with Gasteiger partial charge in [-0.05, 0) is 92.8 Å². The molecule has 0 amide bonds. The van der Waals surface area contributed by atoms with E-state index in [1.807, 2.05) is 6.92 Å². The van der Waals surface area contributed by atoms with E-state index >= 15 is 0 Å². The van der Waals surface area contributed by atoms with Crippen LogP contribution in [0.15, 0.2) is 23.8 Å². The van der Waals surface area contributed by atoms with Crippen LogP contribution < -0.4 is 0 Å². The summed E-state index contributed by atoms with van der Waals surface area (Å²) in [5, 5.41) is 21.4. The van der Waals surface area contributed by atoms with Gasteiger partial charge >= 0.3 is 11.9 Å². The number of aliphatic hydroxyl groups is 1. The number of esters is 1. The molecule has 4 rings (SSSR count). The molecule has 0 aromatic heterocycles. The van der Waals surface area contributed by atoms with Gasteiger partial charge in [0.15, 0.2) is 0 Å². The van der Waals surface area contributed by atoms with Gasteiger partial charge in [0, 0.05) is 12.0 Å². The predicted molar refractivity (Wildman–Crippen MR) is 136 cm³/mol. The van der Waals surface area contributed by atoms with Gasteiger partial charge in [-0.1, -0.05) is 51.5 Å². The van der Waals surface area contributed by atoms with Gasteiger partial charge in [0.2, 0.25) is 0 Å². The Balaban J connectivity index is 1.75. The normalized spacial score (nSPS) is 43.8. The minimum atomic E-state index is -0.635. The number of carbonyl (C=O) groups is 2. The van der Waals surface area contributed by atoms with E-state index in [-0.39, 0.29) is 41.2 Å². The van der Waals surface area contributed by atoms with Crippen LogP contribution in [-0.4, -0.2) is 35.9 Å². The van der Waals surface area contributed by atoms with Crippen molar-refractivity contribution in [3.8, 4) is 0 Å². The molecule has 0 bridgehead atoms. The predicted octanol–water partition coefficient (Wildman–Crippen LogP) is 6.02. The molecule has 5 heteroatoms. The van der Waals surface area contributed by atoms with Crippen LogP contribution in [0.1, 0.15) is 85.5 Å². The number of allylic oxidation sites excluding steroid dienone is 3. The second-order valence-corrected chi connectivity index (χ2v) is 12.9. The Morgan fingerprint density at radius 3 is 2.49 bits per heavy atom. The van der Waals surface area contributed by atoms with Crippen molar-refractivity contribution >= 4 is 11.9 Å². The van der Waals surface area contributed by atoms with Crippen LogP contribution in [0.4, 0.5) is 0 Å². The van der Waals surface area contributed by atoms with Crippen molar-refractivity contribution in [3.05, 3.63) is 23.8 Å². The molecule has 0 heterocycles. The standard InChI is InChI=1S/C30H46O5/c1-18-7-12-29(27(33)34)14-10-23-22(24(29)15-18)16-20(3)25-28(23,5)11-9-21(4)30(25,17-31)13-8-19(2)26(32)35-6/h16,18-19,21,23-25,31H,3,7-15,17H2,1-2,4-6H3,(H,33,34)/t18-,19?,21?,23?,24?,25?,28?,29?,30?/m0/s1. The average molecular weight is 487 g/mol. The quantitative estimate of drug-likeness (QED) is 0.449. The van der Waals surface area contributed by atoms with Gasteiger partial charge in [-0.15, -0.1) is 0 Å². The van der Waals surface area contributed by atoms with Crippen LogP contribution in [0, 0.1) is 51.8 Å². The molecular weight excluding hydrogens is 440 g/mol. The first-order valence-electron chi connectivity index (χ1n) is 13.8. The third-order valence-electron chi connectivity index (χ3n) is 11.3. The molecule has 196 valence electrons. The zero-order valence-corrected chi connectivity index (χ0v) is 22.4. The Morgan fingerprint density at radius 2 is 1.86 bits per heavy atom. The Bertz CT molecular complexity index is 906. The van der Waals surface area contributed by atoms with E-state index < -0.39 is 11.4 Å². The third-order valence-corrected chi connectivity index (χ3v) is 11.3. The van der Waals surface area contributed by atoms with E-state index in [4.69, 9.17) is 4.74 Å². The van der Waals surface area contributed by atoms with E-state index in [9.17, 15) is 19.8 Å². The molecule has 0 saturated heterocycles. The van der Waals surface area contributed by atoms with Gasteiger partial charge < -0.3 is 14.9 Å². The summed E-state index contributed by atoms with van der Waals surface area (Å²) < 4.78 is 4.97. The van der Waals surface area contributed by atoms with Gasteiger partial charge in [-0.25, -0.2) is 0 Å². The minimum Gasteiger partial charge on any atom is -0.481 e. The highest BCUT2D eigenvalue weighted by Gasteiger charge is 2.63. The molecule has 5 nitrogen and oxygen atoms in total. The first-order valence-corrected chi connectivity index (χ1v) is 13.8. The number of rotatable bonds is 6. The minimum absolute atomic E-state index is 0.0593. The van der Waals surface area contributed by atoms with Gasteiger partial charge in [0.25, 0.3) is 0 Å². The zero-order chi connectivity index (χ0) is 25.8. The van der Waals surface area contributed by atoms with Gasteiger partial charge in [0.05, 0.1) is 18.4 Å². The van der Waals surface area contributed by atoms with Crippen molar-refractivity contribution in [2.75, 3.05) is 13.7 Å². The van der Waals surface area contributed by atoms with E-state index in [0.29, 0.717) is 24.2 Å². The van der Waals surface area contributed by atoms with Crippen LogP contribution in [0.5, 0.6) is 0 Å². The molecule has 0 spiro atoms.